The number of esters is 3. The zero-order valence-corrected chi connectivity index (χ0v) is 91.5. The number of carbonyl (C=O) groups excluding carboxylic acids is 7. The van der Waals surface area contributed by atoms with Crippen LogP contribution >= 0.6 is 12.0 Å². The first-order valence-corrected chi connectivity index (χ1v) is 54.3. The van der Waals surface area contributed by atoms with Gasteiger partial charge in [-0.3, -0.25) is 43.5 Å². The number of benzene rings is 1. The summed E-state index contributed by atoms with van der Waals surface area (Å²) in [6, 6.07) is 7.30. The SMILES string of the molecule is CCCCC(CC)COC(=O)CC(SOO[O-])C(=O)OCC(CC)CCCC.CCCCCCCCC(CCCCCC)COc1ccccc1C(N)=O.CCCCCCCCCCCCCC(=O)NCCC[N+](C)(C)CC(=O)[O-].CCCCCCCCON1C(C)(C)CC(OC(=O)CCCCCCCCC(=O)C2CC(C)(C)N(OCCCCCCCC)C(C)(C)C2)CC1(C)C.[Na+]. The van der Waals surface area contributed by atoms with E-state index in [1.807, 2.05) is 32.3 Å². The van der Waals surface area contributed by atoms with Gasteiger partial charge in [-0.2, -0.15) is 14.5 Å². The van der Waals surface area contributed by atoms with E-state index in [2.05, 4.69) is 143 Å². The van der Waals surface area contributed by atoms with E-state index < -0.39 is 29.1 Å². The van der Waals surface area contributed by atoms with Gasteiger partial charge in [0, 0.05) is 85.2 Å². The molecule has 4 atom stereocenters. The molecule has 2 fully saturated rings. The molecule has 1 aromatic rings. The van der Waals surface area contributed by atoms with Crippen LogP contribution in [0.5, 0.6) is 5.75 Å². The fraction of sp³-hybridized carbons (Fsp3) is 0.880. The molecule has 22 nitrogen and oxygen atoms in total. The predicted octanol–water partition coefficient (Wildman–Crippen LogP) is 22.8. The van der Waals surface area contributed by atoms with Crippen LogP contribution in [0.1, 0.15) is 500 Å². The fourth-order valence-corrected chi connectivity index (χ4v) is 19.0. The smallest absolute Gasteiger partial charge is 0.691 e. The van der Waals surface area contributed by atoms with Crippen LogP contribution < -0.4 is 55.7 Å². The van der Waals surface area contributed by atoms with E-state index in [1.165, 1.54) is 199 Å². The third-order valence-corrected chi connectivity index (χ3v) is 26.8. The van der Waals surface area contributed by atoms with Crippen LogP contribution in [-0.4, -0.2) is 156 Å². The Morgan fingerprint density at radius 2 is 0.856 bits per heavy atom. The summed E-state index contributed by atoms with van der Waals surface area (Å²) in [5.41, 5.74) is 5.24. The van der Waals surface area contributed by atoms with Crippen LogP contribution in [0.2, 0.25) is 0 Å². The van der Waals surface area contributed by atoms with Crippen molar-refractivity contribution in [1.82, 2.24) is 15.4 Å². The summed E-state index contributed by atoms with van der Waals surface area (Å²) in [6.07, 6.45) is 64.7. The summed E-state index contributed by atoms with van der Waals surface area (Å²) in [5, 5.41) is 30.4. The number of nitrogens with zero attached hydrogens (tertiary/aromatic N) is 3. The number of quaternary nitrogens is 1. The summed E-state index contributed by atoms with van der Waals surface area (Å²) < 4.78 is 27.4. The van der Waals surface area contributed by atoms with Crippen molar-refractivity contribution in [3.8, 4) is 5.75 Å². The maximum absolute atomic E-state index is 13.3. The minimum Gasteiger partial charge on any atom is -0.691 e. The Balaban J connectivity index is 0. The largest absolute Gasteiger partial charge is 1.00 e. The number of likely N-dealkylation sites (N-methyl/N-ethyl adjacent to an activating group) is 1. The van der Waals surface area contributed by atoms with Crippen molar-refractivity contribution in [1.29, 1.82) is 0 Å². The summed E-state index contributed by atoms with van der Waals surface area (Å²) in [7, 11) is 3.73. The van der Waals surface area contributed by atoms with Crippen molar-refractivity contribution in [3.63, 3.8) is 0 Å². The van der Waals surface area contributed by atoms with E-state index in [0.717, 1.165) is 161 Å². The number of hydroxylamine groups is 4. The number of rotatable bonds is 79. The number of aliphatic carboxylic acids is 1. The van der Waals surface area contributed by atoms with Gasteiger partial charge in [-0.05, 0) is 156 Å². The molecule has 0 radical (unpaired) electrons. The normalized spacial score (nSPS) is 15.7. The van der Waals surface area contributed by atoms with Crippen LogP contribution in [0, 0.1) is 23.7 Å². The molecule has 0 aromatic heterocycles. The average molecular weight is 1900 g/mol. The Kier molecular flexibility index (Phi) is 81.4. The molecule has 0 aliphatic carbocycles. The first-order valence-electron chi connectivity index (χ1n) is 53.5. The Hall–Kier alpha value is -3.46. The molecule has 0 spiro atoms. The average Bonchev–Trinajstić information content (AvgIpc) is 0.757. The number of unbranched alkanes of at least 4 members (excludes halogenated alkanes) is 35. The number of ketones is 1. The van der Waals surface area contributed by atoms with Crippen molar-refractivity contribution in [2.24, 2.45) is 29.4 Å². The number of para-hydroxylation sites is 1. The van der Waals surface area contributed by atoms with Crippen LogP contribution in [0.3, 0.4) is 0 Å². The van der Waals surface area contributed by atoms with E-state index in [4.69, 9.17) is 34.4 Å². The monoisotopic (exact) mass is 1900 g/mol. The molecule has 2 aliphatic rings. The zero-order valence-electron chi connectivity index (χ0n) is 88.7. The first kappa shape index (κ1) is 131. The van der Waals surface area contributed by atoms with Crippen molar-refractivity contribution in [2.45, 2.75) is 524 Å². The quantitative estimate of drug-likeness (QED) is 0.00895. The minimum atomic E-state index is -1.03. The van der Waals surface area contributed by atoms with Crippen LogP contribution in [0.25, 0.3) is 0 Å². The van der Waals surface area contributed by atoms with E-state index in [0.29, 0.717) is 91.0 Å². The summed E-state index contributed by atoms with van der Waals surface area (Å²) in [6.45, 7) is 41.6. The third-order valence-electron chi connectivity index (χ3n) is 26.1. The van der Waals surface area contributed by atoms with E-state index >= 15 is 0 Å². The Labute approximate surface area is 834 Å². The number of ether oxygens (including phenoxy) is 4. The maximum atomic E-state index is 13.3. The molecule has 2 aliphatic heterocycles. The molecule has 2 amide bonds. The minimum absolute atomic E-state index is 0. The summed E-state index contributed by atoms with van der Waals surface area (Å²) in [5.74, 6) is -0.202. The number of nitrogens with one attached hydrogen (secondary N) is 1. The summed E-state index contributed by atoms with van der Waals surface area (Å²) >= 11 is 0.479. The second kappa shape index (κ2) is 82.3. The number of carboxylic acids is 1. The zero-order chi connectivity index (χ0) is 97.9. The van der Waals surface area contributed by atoms with Gasteiger partial charge in [-0.25, -0.2) is 0 Å². The second-order valence-electron chi connectivity index (χ2n) is 41.4. The molecule has 2 saturated heterocycles. The number of carbonyl (C=O) groups is 7. The molecule has 132 heavy (non-hydrogen) atoms. The van der Waals surface area contributed by atoms with E-state index in [1.54, 1.807) is 6.07 Å². The van der Waals surface area contributed by atoms with Gasteiger partial charge >= 0.3 is 47.5 Å². The molecule has 2 heterocycles. The van der Waals surface area contributed by atoms with Gasteiger partial charge in [0.1, 0.15) is 29.4 Å². The number of nitrogens with two attached hydrogens (primary N) is 1. The van der Waals surface area contributed by atoms with Gasteiger partial charge in [-0.15, -0.1) is 0 Å². The molecule has 1 aromatic carbocycles. The number of Topliss-reactive ketones (excluding diaryl/α,β-unsaturated/α-hetero) is 1. The number of hydrogen-bond donors (Lipinski definition) is 2. The van der Waals surface area contributed by atoms with Gasteiger partial charge in [0.05, 0.1) is 71.6 Å². The van der Waals surface area contributed by atoms with Crippen molar-refractivity contribution >= 4 is 53.5 Å². The molecule has 3 rings (SSSR count). The molecule has 24 heteroatoms. The molecule has 768 valence electrons. The summed E-state index contributed by atoms with van der Waals surface area (Å²) in [4.78, 5) is 97.3. The Morgan fingerprint density at radius 3 is 1.29 bits per heavy atom. The van der Waals surface area contributed by atoms with Crippen LogP contribution in [-0.2, 0) is 62.0 Å². The number of piperidine rings is 2. The maximum Gasteiger partial charge on any atom is 1.00 e. The number of carboxylic acid groups (broad SMARTS) is 1. The third kappa shape index (κ3) is 67.8. The molecular formula is C108H202N5NaO17S. The molecule has 0 bridgehead atoms. The molecule has 0 saturated carbocycles. The first-order chi connectivity index (χ1) is 62.6. The Bertz CT molecular complexity index is 2960. The van der Waals surface area contributed by atoms with Gasteiger partial charge in [0.2, 0.25) is 5.91 Å². The topological polar surface area (TPSA) is 284 Å². The Morgan fingerprint density at radius 1 is 0.470 bits per heavy atom. The number of primary amides is 1. The standard InChI is InChI=1S/C44H84N2O5.C23H39NO2.C21H42N2O3.C20H38O7S.Na/c1-11-13-15-17-23-27-31-49-45-41(3,4)33-37(34-42(45,5)6)39(47)29-25-21-19-20-22-26-30-40(48)51-38-35-43(7,8)46(44(9,10)36-38)50-32-28-24-18-16-14-12-2;1-3-5-7-9-10-12-16-20(15-11-8-6-4-2)19-26-22-18-14-13-17-21(22)23(24)25;1-4-5-6-7-8-9-10-11-12-13-14-16-20(24)22-17-15-18-23(2,3)19-21(25)26;1-5-9-11-16(7-3)14-24-19(21)13-18(28-27-26-23)20(22)25-15-17(8-4)12-10-6-2;/h37-38H,11-36H2,1-10H3;13-14,17-18,20H,3-12,15-16,19H2,1-2H3,(H2,24,25);4-19H2,1-3H3,(H-,22,24,25,26);16-18,23H,5-15H2,1-4H3;/q;;;;+1/p-1. The van der Waals surface area contributed by atoms with Gasteiger partial charge in [0.25, 0.3) is 5.91 Å². The van der Waals surface area contributed by atoms with Crippen molar-refractivity contribution < 1.29 is 116 Å². The van der Waals surface area contributed by atoms with Gasteiger partial charge in [0.15, 0.2) is 0 Å². The fourth-order valence-electron chi connectivity index (χ4n) is 18.6. The number of hydrogen-bond acceptors (Lipinski definition) is 20. The van der Waals surface area contributed by atoms with E-state index in [9.17, 15) is 43.9 Å². The van der Waals surface area contributed by atoms with Gasteiger partial charge in [-0.1, -0.05) is 331 Å². The van der Waals surface area contributed by atoms with Crippen molar-refractivity contribution in [2.75, 3.05) is 66.8 Å². The molecular weight excluding hydrogens is 1690 g/mol. The van der Waals surface area contributed by atoms with Crippen molar-refractivity contribution in [3.05, 3.63) is 29.8 Å². The predicted molar refractivity (Wildman–Crippen MR) is 535 cm³/mol. The van der Waals surface area contributed by atoms with Crippen LogP contribution in [0.4, 0.5) is 0 Å². The second-order valence-corrected chi connectivity index (χ2v) is 42.3. The van der Waals surface area contributed by atoms with Crippen LogP contribution in [0.15, 0.2) is 24.3 Å². The molecule has 3 N–H and O–H groups in total. The number of amides is 2. The van der Waals surface area contributed by atoms with Gasteiger partial charge < -0.3 is 49.6 Å². The van der Waals surface area contributed by atoms with E-state index in [-0.39, 0.29) is 101 Å². The molecule has 4 unspecified atom stereocenters.